The predicted octanol–water partition coefficient (Wildman–Crippen LogP) is 0.632. The zero-order valence-electron chi connectivity index (χ0n) is 17.7. The molecular formula is C17H18N8O5S4. The molecule has 0 bridgehead atoms. The average molecular weight is 543 g/mol. The number of rotatable bonds is 9. The first-order valence-corrected chi connectivity index (χ1v) is 13.4. The van der Waals surface area contributed by atoms with Crippen molar-refractivity contribution in [3.63, 3.8) is 0 Å². The molecule has 1 saturated heterocycles. The lowest BCUT2D eigenvalue weighted by Crippen LogP contribution is -2.71. The van der Waals surface area contributed by atoms with Crippen molar-refractivity contribution in [2.24, 2.45) is 5.16 Å². The number of hydrogen-bond acceptors (Lipinski definition) is 14. The second-order valence-electron chi connectivity index (χ2n) is 7.16. The first kappa shape index (κ1) is 24.4. The second-order valence-corrected chi connectivity index (χ2v) is 11.1. The summed E-state index contributed by atoms with van der Waals surface area (Å²) in [4.78, 5) is 48.2. The summed E-state index contributed by atoms with van der Waals surface area (Å²) >= 11 is 4.96. The number of thioether (sulfide) groups is 2. The van der Waals surface area contributed by atoms with E-state index in [4.69, 9.17) is 10.6 Å². The van der Waals surface area contributed by atoms with E-state index in [2.05, 4.69) is 30.0 Å². The fraction of sp³-hybridized carbons (Fsp3) is 0.412. The van der Waals surface area contributed by atoms with E-state index in [1.165, 1.54) is 39.8 Å². The fourth-order valence-corrected chi connectivity index (χ4v) is 6.46. The van der Waals surface area contributed by atoms with Gasteiger partial charge in [-0.25, -0.2) is 4.79 Å². The van der Waals surface area contributed by atoms with Gasteiger partial charge in [-0.1, -0.05) is 28.3 Å². The summed E-state index contributed by atoms with van der Waals surface area (Å²) in [6.07, 6.45) is -0.312. The number of fused-ring (bicyclic) bond motifs is 1. The molecule has 0 aromatic carbocycles. The summed E-state index contributed by atoms with van der Waals surface area (Å²) in [5.41, 5.74) is 7.51. The van der Waals surface area contributed by atoms with E-state index in [0.717, 1.165) is 11.5 Å². The summed E-state index contributed by atoms with van der Waals surface area (Å²) in [7, 11) is 0. The molecule has 2 aromatic rings. The van der Waals surface area contributed by atoms with Crippen LogP contribution in [0.1, 0.15) is 19.7 Å². The Kier molecular flexibility index (Phi) is 7.34. The molecule has 4 heterocycles. The van der Waals surface area contributed by atoms with Gasteiger partial charge in [0.25, 0.3) is 11.8 Å². The Morgan fingerprint density at radius 3 is 2.88 bits per heavy atom. The summed E-state index contributed by atoms with van der Waals surface area (Å²) < 4.78 is 4.70. The second kappa shape index (κ2) is 10.2. The number of anilines is 1. The Morgan fingerprint density at radius 2 is 2.26 bits per heavy atom. The highest BCUT2D eigenvalue weighted by atomic mass is 32.2. The number of nitrogens with zero attached hydrogens (tertiary/aromatic N) is 6. The largest absolute Gasteiger partial charge is 0.477 e. The number of aromatic nitrogens is 4. The Balaban J connectivity index is 1.50. The maximum Gasteiger partial charge on any atom is 0.352 e. The van der Waals surface area contributed by atoms with Gasteiger partial charge >= 0.3 is 5.97 Å². The van der Waals surface area contributed by atoms with Crippen LogP contribution >= 0.6 is 46.4 Å². The third kappa shape index (κ3) is 5.01. The third-order valence-corrected chi connectivity index (χ3v) is 8.30. The summed E-state index contributed by atoms with van der Waals surface area (Å²) in [5.74, 6) is -1.74. The molecule has 4 N–H and O–H groups in total. The zero-order valence-corrected chi connectivity index (χ0v) is 21.0. The van der Waals surface area contributed by atoms with Gasteiger partial charge in [0.05, 0.1) is 0 Å². The number of nitrogens with two attached hydrogens (primary N) is 1. The van der Waals surface area contributed by atoms with E-state index in [-0.39, 0.29) is 28.5 Å². The molecule has 180 valence electrons. The van der Waals surface area contributed by atoms with E-state index < -0.39 is 29.2 Å². The topological polar surface area (TPSA) is 186 Å². The van der Waals surface area contributed by atoms with Gasteiger partial charge in [-0.15, -0.1) is 22.0 Å². The first-order chi connectivity index (χ1) is 16.3. The number of nitrogen functional groups attached to an aromatic ring is 1. The van der Waals surface area contributed by atoms with E-state index in [0.29, 0.717) is 21.4 Å². The number of carboxylic acid groups (broad SMARTS) is 1. The number of amides is 2. The van der Waals surface area contributed by atoms with E-state index in [9.17, 15) is 19.5 Å². The fourth-order valence-electron chi connectivity index (χ4n) is 3.05. The molecule has 0 aliphatic carbocycles. The van der Waals surface area contributed by atoms with E-state index in [1.54, 1.807) is 19.4 Å². The Labute approximate surface area is 209 Å². The number of hydrogen-bond donors (Lipinski definition) is 3. The lowest BCUT2D eigenvalue weighted by molar-refractivity contribution is -0.150. The number of nitrogens with one attached hydrogen (secondary N) is 1. The number of carboxylic acids is 1. The number of carbonyl (C=O) groups is 3. The smallest absolute Gasteiger partial charge is 0.352 e. The molecule has 2 aromatic heterocycles. The van der Waals surface area contributed by atoms with Crippen LogP contribution in [-0.2, 0) is 19.2 Å². The number of carbonyl (C=O) groups excluding carboxylic acids is 2. The van der Waals surface area contributed by atoms with Gasteiger partial charge in [-0.2, -0.15) is 9.36 Å². The van der Waals surface area contributed by atoms with Crippen LogP contribution < -0.4 is 11.1 Å². The number of aliphatic carboxylic acids is 1. The van der Waals surface area contributed by atoms with Gasteiger partial charge in [0.1, 0.15) is 28.7 Å². The molecule has 0 radical (unpaired) electrons. The molecule has 2 unspecified atom stereocenters. The monoisotopic (exact) mass is 542 g/mol. The van der Waals surface area contributed by atoms with Crippen molar-refractivity contribution < 1.29 is 24.3 Å². The molecule has 1 fully saturated rings. The third-order valence-electron chi connectivity index (χ3n) is 4.47. The standard InChI is InChI=1S/C17H18N8O5S4/c1-6(2)30-23-8(11-21-16(18)34-24-11)12(26)20-9-13(27)25-10(15(28)29)7(3-31-14(9)25)4-32-17-22-19-5-33-17/h5-6,9,14H,3-4H2,1-2H3,(H,20,26)(H,28,29)(H2,18,21,24)/b23-8+. The molecule has 4 rings (SSSR count). The lowest BCUT2D eigenvalue weighted by Gasteiger charge is -2.49. The Bertz CT molecular complexity index is 1160. The van der Waals surface area contributed by atoms with Crippen LogP contribution in [0.2, 0.25) is 0 Å². The summed E-state index contributed by atoms with van der Waals surface area (Å²) in [5, 5.41) is 23.5. The summed E-state index contributed by atoms with van der Waals surface area (Å²) in [6, 6.07) is -0.940. The predicted molar refractivity (Wildman–Crippen MR) is 127 cm³/mol. The van der Waals surface area contributed by atoms with E-state index >= 15 is 0 Å². The number of β-lactam (4-membered cyclic amide) rings is 1. The highest BCUT2D eigenvalue weighted by molar-refractivity contribution is 8.01. The molecule has 13 nitrogen and oxygen atoms in total. The van der Waals surface area contributed by atoms with Crippen LogP contribution in [-0.4, -0.2) is 82.1 Å². The normalized spacial score (nSPS) is 20.3. The van der Waals surface area contributed by atoms with Crippen LogP contribution in [0.15, 0.2) is 26.3 Å². The Hall–Kier alpha value is -2.76. The zero-order chi connectivity index (χ0) is 24.4. The SMILES string of the molecule is CC(C)O/N=C(/C(=O)NC1C(=O)N2C(C(=O)O)=C(CSc3nncs3)CSC12)c1nsc(N)n1. The molecule has 34 heavy (non-hydrogen) atoms. The highest BCUT2D eigenvalue weighted by Crippen LogP contribution is 2.41. The molecule has 0 saturated carbocycles. The highest BCUT2D eigenvalue weighted by Gasteiger charge is 2.54. The maximum atomic E-state index is 12.9. The molecule has 17 heteroatoms. The van der Waals surface area contributed by atoms with E-state index in [1.807, 2.05) is 0 Å². The molecular weight excluding hydrogens is 525 g/mol. The van der Waals surface area contributed by atoms with Crippen molar-refractivity contribution in [1.82, 2.24) is 29.8 Å². The minimum absolute atomic E-state index is 0.0253. The van der Waals surface area contributed by atoms with Crippen LogP contribution in [0.5, 0.6) is 0 Å². The number of oxime groups is 1. The summed E-state index contributed by atoms with van der Waals surface area (Å²) in [6.45, 7) is 3.46. The first-order valence-electron chi connectivity index (χ1n) is 9.69. The van der Waals surface area contributed by atoms with Crippen molar-refractivity contribution in [2.75, 3.05) is 17.2 Å². The molecule has 0 spiro atoms. The Morgan fingerprint density at radius 1 is 1.47 bits per heavy atom. The average Bonchev–Trinajstić information content (AvgIpc) is 3.47. The lowest BCUT2D eigenvalue weighted by atomic mass is 10.0. The van der Waals surface area contributed by atoms with Gasteiger partial charge < -0.3 is 21.0 Å². The van der Waals surface area contributed by atoms with Crippen molar-refractivity contribution >= 4 is 75.0 Å². The van der Waals surface area contributed by atoms with Gasteiger partial charge in [-0.3, -0.25) is 14.5 Å². The molecule has 2 atom stereocenters. The maximum absolute atomic E-state index is 12.9. The quantitative estimate of drug-likeness (QED) is 0.174. The van der Waals surface area contributed by atoms with Gasteiger partial charge in [-0.05, 0) is 19.4 Å². The minimum Gasteiger partial charge on any atom is -0.477 e. The van der Waals surface area contributed by atoms with Gasteiger partial charge in [0.2, 0.25) is 11.5 Å². The van der Waals surface area contributed by atoms with Crippen molar-refractivity contribution in [2.45, 2.75) is 35.7 Å². The molecule has 2 aliphatic rings. The molecule has 2 amide bonds. The van der Waals surface area contributed by atoms with Crippen molar-refractivity contribution in [3.05, 3.63) is 22.6 Å². The van der Waals surface area contributed by atoms with Crippen LogP contribution in [0, 0.1) is 0 Å². The van der Waals surface area contributed by atoms with Crippen LogP contribution in [0.3, 0.4) is 0 Å². The van der Waals surface area contributed by atoms with Gasteiger partial charge in [0.15, 0.2) is 9.47 Å². The van der Waals surface area contributed by atoms with Crippen molar-refractivity contribution in [1.29, 1.82) is 0 Å². The molecule has 2 aliphatic heterocycles. The van der Waals surface area contributed by atoms with Gasteiger partial charge in [0, 0.05) is 23.0 Å². The van der Waals surface area contributed by atoms with Crippen LogP contribution in [0.4, 0.5) is 5.13 Å². The van der Waals surface area contributed by atoms with Crippen molar-refractivity contribution in [3.8, 4) is 0 Å². The minimum atomic E-state index is -1.20. The van der Waals surface area contributed by atoms with Crippen LogP contribution in [0.25, 0.3) is 0 Å².